The van der Waals surface area contributed by atoms with Crippen molar-refractivity contribution in [3.8, 4) is 5.75 Å². The van der Waals surface area contributed by atoms with Crippen molar-refractivity contribution in [2.75, 3.05) is 85.3 Å². The Labute approximate surface area is 333 Å². The standard InChI is InChI=1S/C42H61ClN4O7S/c1-30-9-8-17-42(53-5,29-45-26-37(27-45)46(19-21-51-3)20-22-52-4)38-15-12-34(38)25-47-18-7-6-10-32-23-36(43)14-11-35(32)28-54-40-16-13-33(24-39(40)47)41(48)44-55(49,50)31(30)2/h8,11,13-14,16-17,23-24,30-31,34,37-38H,6-7,9-10,12,15,18-22,25-29H2,1-5H3,(H,44,48)/b17-8+/t30-,31+,34-,38+,42+/m0/s1. The molecule has 4 aliphatic rings. The maximum absolute atomic E-state index is 13.6. The van der Waals surface area contributed by atoms with Gasteiger partial charge in [0.2, 0.25) is 10.0 Å². The summed E-state index contributed by atoms with van der Waals surface area (Å²) in [5, 5.41) is -0.0821. The molecule has 0 spiro atoms. The van der Waals surface area contributed by atoms with Gasteiger partial charge in [0, 0.05) is 83.8 Å². The molecule has 6 rings (SSSR count). The molecule has 1 saturated carbocycles. The molecule has 13 heteroatoms. The number of nitrogens with zero attached hydrogens (tertiary/aromatic N) is 3. The van der Waals surface area contributed by atoms with Crippen molar-refractivity contribution in [2.24, 2.45) is 17.8 Å². The molecule has 1 N–H and O–H groups in total. The molecular weight excluding hydrogens is 740 g/mol. The molecule has 2 aromatic rings. The Morgan fingerprint density at radius 3 is 2.44 bits per heavy atom. The zero-order chi connectivity index (χ0) is 39.2. The van der Waals surface area contributed by atoms with Crippen LogP contribution in [0.5, 0.6) is 5.75 Å². The number of amides is 1. The van der Waals surface area contributed by atoms with Gasteiger partial charge in [-0.25, -0.2) is 13.1 Å². The minimum Gasteiger partial charge on any atom is -0.487 e. The summed E-state index contributed by atoms with van der Waals surface area (Å²) < 4.78 is 53.7. The van der Waals surface area contributed by atoms with Crippen LogP contribution in [-0.4, -0.2) is 121 Å². The third kappa shape index (κ3) is 9.88. The lowest BCUT2D eigenvalue weighted by Gasteiger charge is -2.54. The Hall–Kier alpha value is -2.71. The molecule has 2 fully saturated rings. The number of halogens is 1. The van der Waals surface area contributed by atoms with Crippen molar-refractivity contribution in [3.63, 3.8) is 0 Å². The highest BCUT2D eigenvalue weighted by molar-refractivity contribution is 7.90. The number of hydrogen-bond acceptors (Lipinski definition) is 10. The van der Waals surface area contributed by atoms with Crippen molar-refractivity contribution in [3.05, 3.63) is 70.3 Å². The van der Waals surface area contributed by atoms with Crippen molar-refractivity contribution in [2.45, 2.75) is 75.9 Å². The van der Waals surface area contributed by atoms with Crippen LogP contribution in [0.3, 0.4) is 0 Å². The van der Waals surface area contributed by atoms with E-state index in [0.29, 0.717) is 54.5 Å². The van der Waals surface area contributed by atoms with Crippen LogP contribution in [0.4, 0.5) is 5.69 Å². The van der Waals surface area contributed by atoms with Crippen LogP contribution in [0.1, 0.15) is 67.4 Å². The highest BCUT2D eigenvalue weighted by atomic mass is 35.5. The highest BCUT2D eigenvalue weighted by Crippen LogP contribution is 2.47. The Kier molecular flexibility index (Phi) is 14.2. The predicted molar refractivity (Wildman–Crippen MR) is 218 cm³/mol. The van der Waals surface area contributed by atoms with Crippen molar-refractivity contribution < 1.29 is 32.2 Å². The second-order valence-electron chi connectivity index (χ2n) is 16.1. The monoisotopic (exact) mass is 800 g/mol. The fraction of sp³-hybridized carbons (Fsp3) is 0.643. The van der Waals surface area contributed by atoms with Gasteiger partial charge in [0.15, 0.2) is 0 Å². The zero-order valence-corrected chi connectivity index (χ0v) is 34.9. The Balaban J connectivity index is 1.33. The molecule has 1 amide bonds. The molecule has 0 aromatic heterocycles. The number of likely N-dealkylation sites (tertiary alicyclic amines) is 1. The number of hydrogen-bond donors (Lipinski definition) is 1. The third-order valence-electron chi connectivity index (χ3n) is 12.6. The van der Waals surface area contributed by atoms with Crippen LogP contribution in [0.25, 0.3) is 0 Å². The number of methoxy groups -OCH3 is 3. The summed E-state index contributed by atoms with van der Waals surface area (Å²) in [5.41, 5.74) is 2.80. The smallest absolute Gasteiger partial charge is 0.264 e. The molecule has 0 unspecified atom stereocenters. The highest BCUT2D eigenvalue weighted by Gasteiger charge is 2.49. The van der Waals surface area contributed by atoms with E-state index in [9.17, 15) is 13.2 Å². The quantitative estimate of drug-likeness (QED) is 0.297. The van der Waals surface area contributed by atoms with Gasteiger partial charge in [0.1, 0.15) is 18.0 Å². The first-order valence-electron chi connectivity index (χ1n) is 20.0. The average molecular weight is 801 g/mol. The molecule has 1 saturated heterocycles. The maximum atomic E-state index is 13.6. The Morgan fingerprint density at radius 1 is 0.982 bits per heavy atom. The van der Waals surface area contributed by atoms with Gasteiger partial charge in [-0.1, -0.05) is 36.7 Å². The van der Waals surface area contributed by atoms with Crippen molar-refractivity contribution in [1.29, 1.82) is 0 Å². The molecular formula is C42H61ClN4O7S. The summed E-state index contributed by atoms with van der Waals surface area (Å²) in [6.45, 7) is 11.2. The molecule has 55 heavy (non-hydrogen) atoms. The van der Waals surface area contributed by atoms with Crippen LogP contribution < -0.4 is 14.4 Å². The molecule has 3 heterocycles. The summed E-state index contributed by atoms with van der Waals surface area (Å²) in [4.78, 5) is 21.0. The summed E-state index contributed by atoms with van der Waals surface area (Å²) in [7, 11) is 1.34. The lowest BCUT2D eigenvalue weighted by Crippen LogP contribution is -2.65. The fourth-order valence-electron chi connectivity index (χ4n) is 8.78. The van der Waals surface area contributed by atoms with E-state index < -0.39 is 26.8 Å². The van der Waals surface area contributed by atoms with Crippen LogP contribution in [0.15, 0.2) is 48.6 Å². The normalized spacial score (nSPS) is 28.4. The Morgan fingerprint density at radius 2 is 1.75 bits per heavy atom. The number of carbonyl (C=O) groups is 1. The fourth-order valence-corrected chi connectivity index (χ4v) is 10.3. The molecule has 304 valence electrons. The van der Waals surface area contributed by atoms with Gasteiger partial charge < -0.3 is 23.8 Å². The van der Waals surface area contributed by atoms with Gasteiger partial charge >= 0.3 is 0 Å². The van der Waals surface area contributed by atoms with Crippen LogP contribution >= 0.6 is 11.6 Å². The first-order valence-corrected chi connectivity index (χ1v) is 21.9. The van der Waals surface area contributed by atoms with Crippen LogP contribution in [0.2, 0.25) is 5.02 Å². The number of sulfonamides is 1. The van der Waals surface area contributed by atoms with Gasteiger partial charge in [-0.05, 0) is 105 Å². The topological polar surface area (TPSA) is 110 Å². The van der Waals surface area contributed by atoms with Crippen LogP contribution in [-0.2, 0) is 37.3 Å². The molecule has 2 bridgehead atoms. The number of aryl methyl sites for hydroxylation is 1. The van der Waals surface area contributed by atoms with Crippen LogP contribution in [0, 0.1) is 17.8 Å². The van der Waals surface area contributed by atoms with E-state index in [-0.39, 0.29) is 11.8 Å². The number of nitrogens with one attached hydrogen (secondary N) is 1. The number of allylic oxidation sites excluding steroid dienone is 1. The second kappa shape index (κ2) is 18.7. The van der Waals surface area contributed by atoms with Crippen molar-refractivity contribution >= 4 is 33.2 Å². The van der Waals surface area contributed by atoms with Gasteiger partial charge in [-0.15, -0.1) is 0 Å². The zero-order valence-electron chi connectivity index (χ0n) is 33.3. The molecule has 5 atom stereocenters. The number of benzene rings is 2. The lowest BCUT2D eigenvalue weighted by molar-refractivity contribution is -0.110. The number of fused-ring (bicyclic) bond motifs is 3. The van der Waals surface area contributed by atoms with Gasteiger partial charge in [-0.2, -0.15) is 0 Å². The minimum absolute atomic E-state index is 0.237. The molecule has 3 aliphatic heterocycles. The van der Waals surface area contributed by atoms with E-state index >= 15 is 0 Å². The summed E-state index contributed by atoms with van der Waals surface area (Å²) in [5.74, 6) is 0.374. The van der Waals surface area contributed by atoms with E-state index in [1.54, 1.807) is 27.2 Å². The van der Waals surface area contributed by atoms with E-state index in [0.717, 1.165) is 89.2 Å². The Bertz CT molecular complexity index is 1750. The molecule has 11 nitrogen and oxygen atoms in total. The summed E-state index contributed by atoms with van der Waals surface area (Å²) in [6, 6.07) is 11.7. The second-order valence-corrected chi connectivity index (χ2v) is 18.5. The van der Waals surface area contributed by atoms with Gasteiger partial charge in [-0.3, -0.25) is 14.6 Å². The van der Waals surface area contributed by atoms with Crippen molar-refractivity contribution in [1.82, 2.24) is 14.5 Å². The predicted octanol–water partition coefficient (Wildman–Crippen LogP) is 5.80. The number of carbonyl (C=O) groups excluding carboxylic acids is 1. The van der Waals surface area contributed by atoms with E-state index in [2.05, 4.69) is 31.6 Å². The number of ether oxygens (including phenoxy) is 4. The average Bonchev–Trinajstić information content (AvgIpc) is 3.17. The van der Waals surface area contributed by atoms with Gasteiger partial charge in [0.25, 0.3) is 5.91 Å². The molecule has 1 aliphatic carbocycles. The first-order chi connectivity index (χ1) is 26.5. The van der Waals surface area contributed by atoms with E-state index in [1.165, 1.54) is 5.56 Å². The first kappa shape index (κ1) is 41.9. The molecule has 0 radical (unpaired) electrons. The van der Waals surface area contributed by atoms with Gasteiger partial charge in [0.05, 0.1) is 24.2 Å². The van der Waals surface area contributed by atoms with E-state index in [4.69, 9.17) is 30.5 Å². The maximum Gasteiger partial charge on any atom is 0.264 e. The lowest BCUT2D eigenvalue weighted by atomic mass is 9.63. The molecule has 2 aromatic carbocycles. The third-order valence-corrected chi connectivity index (χ3v) is 14.8. The largest absolute Gasteiger partial charge is 0.487 e. The number of anilines is 1. The summed E-state index contributed by atoms with van der Waals surface area (Å²) >= 11 is 6.41. The van der Waals surface area contributed by atoms with E-state index in [1.807, 2.05) is 44.4 Å². The minimum atomic E-state index is -3.97. The summed E-state index contributed by atoms with van der Waals surface area (Å²) in [6.07, 6.45) is 9.77. The number of rotatable bonds is 10. The SMILES string of the molecule is COCCN(CCOC)C1CN(C[C@]2(OC)/C=C/C[C@H](C)[C@@H](C)S(=O)(=O)NC(=O)c3ccc4c(c3)N(CCCCc3cc(Cl)ccc3CO4)C[C@@H]3CC[C@H]32)C1.